The summed E-state index contributed by atoms with van der Waals surface area (Å²) in [6, 6.07) is 25.5. The highest BCUT2D eigenvalue weighted by molar-refractivity contribution is 7.93. The van der Waals surface area contributed by atoms with Crippen LogP contribution in [-0.4, -0.2) is 20.2 Å². The van der Waals surface area contributed by atoms with E-state index in [0.717, 1.165) is 22.1 Å². The Bertz CT molecular complexity index is 1230. The molecule has 0 fully saturated rings. The van der Waals surface area contributed by atoms with E-state index in [1.165, 1.54) is 6.08 Å². The second-order valence-corrected chi connectivity index (χ2v) is 9.13. The monoisotopic (exact) mass is 474 g/mol. The molecule has 0 aliphatic carbocycles. The maximum atomic E-state index is 12.6. The zero-order chi connectivity index (χ0) is 24.4. The van der Waals surface area contributed by atoms with Gasteiger partial charge >= 0.3 is 0 Å². The molecule has 3 aromatic carbocycles. The Kier molecular flexibility index (Phi) is 8.54. The van der Waals surface area contributed by atoms with E-state index in [1.807, 2.05) is 77.5 Å². The van der Waals surface area contributed by atoms with E-state index in [9.17, 15) is 18.0 Å². The highest BCUT2D eigenvalue weighted by Gasteiger charge is 2.20. The molecule has 0 unspecified atom stereocenters. The van der Waals surface area contributed by atoms with Crippen molar-refractivity contribution in [3.63, 3.8) is 0 Å². The van der Waals surface area contributed by atoms with Crippen LogP contribution in [-0.2, 0) is 26.0 Å². The molecule has 0 heterocycles. The molecular formula is C27H26N2O4S. The third-order valence-corrected chi connectivity index (χ3v) is 6.00. The number of nitrogens with one attached hydrogen (secondary N) is 2. The number of rotatable bonds is 10. The largest absolute Gasteiger partial charge is 0.345 e. The van der Waals surface area contributed by atoms with Crippen LogP contribution in [0.25, 0.3) is 6.08 Å². The van der Waals surface area contributed by atoms with E-state index < -0.39 is 34.3 Å². The summed E-state index contributed by atoms with van der Waals surface area (Å²) in [7, 11) is -4.08. The second-order valence-electron chi connectivity index (χ2n) is 7.56. The summed E-state index contributed by atoms with van der Waals surface area (Å²) >= 11 is 0. The molecule has 0 saturated heterocycles. The lowest BCUT2D eigenvalue weighted by atomic mass is 9.98. The molecule has 6 nitrogen and oxygen atoms in total. The number of sulfonamides is 1. The predicted octanol–water partition coefficient (Wildman–Crippen LogP) is 4.13. The molecular weight excluding hydrogens is 448 g/mol. The van der Waals surface area contributed by atoms with Gasteiger partial charge in [-0.05, 0) is 34.8 Å². The fourth-order valence-electron chi connectivity index (χ4n) is 3.44. The molecule has 2 N–H and O–H groups in total. The number of carbonyl (C=O) groups is 2. The van der Waals surface area contributed by atoms with Crippen LogP contribution in [0.4, 0.5) is 0 Å². The molecule has 0 saturated carbocycles. The van der Waals surface area contributed by atoms with Crippen molar-refractivity contribution < 1.29 is 18.0 Å². The highest BCUT2D eigenvalue weighted by atomic mass is 32.2. The third kappa shape index (κ3) is 7.28. The molecule has 0 radical (unpaired) electrons. The third-order valence-electron chi connectivity index (χ3n) is 4.99. The molecule has 0 aliphatic rings. The summed E-state index contributed by atoms with van der Waals surface area (Å²) in [6.45, 7) is 3.69. The average molecular weight is 475 g/mol. The maximum Gasteiger partial charge on any atom is 0.257 e. The van der Waals surface area contributed by atoms with Gasteiger partial charge in [-0.2, -0.15) is 0 Å². The van der Waals surface area contributed by atoms with Crippen molar-refractivity contribution in [2.45, 2.75) is 18.9 Å². The summed E-state index contributed by atoms with van der Waals surface area (Å²) < 4.78 is 26.6. The molecule has 7 heteroatoms. The highest BCUT2D eigenvalue weighted by Crippen LogP contribution is 2.21. The lowest BCUT2D eigenvalue weighted by Gasteiger charge is -2.19. The normalized spacial score (nSPS) is 11.3. The zero-order valence-electron chi connectivity index (χ0n) is 18.6. The van der Waals surface area contributed by atoms with Crippen LogP contribution in [0.5, 0.6) is 0 Å². The average Bonchev–Trinajstić information content (AvgIpc) is 2.83. The Morgan fingerprint density at radius 1 is 0.824 bits per heavy atom. The van der Waals surface area contributed by atoms with E-state index in [1.54, 1.807) is 18.2 Å². The topological polar surface area (TPSA) is 92.3 Å². The van der Waals surface area contributed by atoms with Crippen molar-refractivity contribution in [1.82, 2.24) is 10.0 Å². The van der Waals surface area contributed by atoms with Gasteiger partial charge in [-0.15, -0.1) is 6.58 Å². The van der Waals surface area contributed by atoms with Crippen LogP contribution in [0.15, 0.2) is 103 Å². The fraction of sp³-hybridized carbons (Fsp3) is 0.111. The Balaban J connectivity index is 1.65. The van der Waals surface area contributed by atoms with Crippen molar-refractivity contribution in [3.05, 3.63) is 125 Å². The SMILES string of the molecule is C=CCc1ccccc1/C=C/S(=O)(=O)NC(=O)CC(=O)NC(c1ccccc1)c1ccccc1. The van der Waals surface area contributed by atoms with E-state index in [0.29, 0.717) is 12.0 Å². The van der Waals surface area contributed by atoms with E-state index in [2.05, 4.69) is 11.9 Å². The van der Waals surface area contributed by atoms with Crippen LogP contribution in [0.3, 0.4) is 0 Å². The van der Waals surface area contributed by atoms with Gasteiger partial charge in [0.1, 0.15) is 6.42 Å². The van der Waals surface area contributed by atoms with Gasteiger partial charge in [-0.1, -0.05) is 91.0 Å². The lowest BCUT2D eigenvalue weighted by Crippen LogP contribution is -2.36. The molecule has 2 amide bonds. The first-order valence-corrected chi connectivity index (χ1v) is 12.2. The number of amides is 2. The van der Waals surface area contributed by atoms with Gasteiger partial charge in [-0.25, -0.2) is 13.1 Å². The summed E-state index contributed by atoms with van der Waals surface area (Å²) in [5.74, 6) is -1.51. The lowest BCUT2D eigenvalue weighted by molar-refractivity contribution is -0.128. The first-order valence-electron chi connectivity index (χ1n) is 10.7. The predicted molar refractivity (Wildman–Crippen MR) is 134 cm³/mol. The van der Waals surface area contributed by atoms with Gasteiger partial charge in [0, 0.05) is 0 Å². The first kappa shape index (κ1) is 24.7. The Morgan fingerprint density at radius 3 is 1.97 bits per heavy atom. The van der Waals surface area contributed by atoms with Gasteiger partial charge in [0.25, 0.3) is 10.0 Å². The number of hydrogen-bond donors (Lipinski definition) is 2. The minimum Gasteiger partial charge on any atom is -0.345 e. The number of carbonyl (C=O) groups excluding carboxylic acids is 2. The smallest absolute Gasteiger partial charge is 0.257 e. The molecule has 0 aromatic heterocycles. The summed E-state index contributed by atoms with van der Waals surface area (Å²) in [5, 5.41) is 3.74. The second kappa shape index (κ2) is 11.8. The van der Waals surface area contributed by atoms with Crippen molar-refractivity contribution >= 4 is 27.9 Å². The van der Waals surface area contributed by atoms with Gasteiger partial charge in [0.2, 0.25) is 11.8 Å². The van der Waals surface area contributed by atoms with Gasteiger partial charge in [-0.3, -0.25) is 9.59 Å². The number of hydrogen-bond acceptors (Lipinski definition) is 4. The first-order chi connectivity index (χ1) is 16.4. The van der Waals surface area contributed by atoms with Crippen molar-refractivity contribution in [1.29, 1.82) is 0 Å². The molecule has 0 spiro atoms. The molecule has 0 aliphatic heterocycles. The van der Waals surface area contributed by atoms with E-state index >= 15 is 0 Å². The summed E-state index contributed by atoms with van der Waals surface area (Å²) in [5.41, 5.74) is 3.29. The molecule has 174 valence electrons. The summed E-state index contributed by atoms with van der Waals surface area (Å²) in [4.78, 5) is 24.9. The Hall–Kier alpha value is -3.97. The molecule has 0 bridgehead atoms. The zero-order valence-corrected chi connectivity index (χ0v) is 19.4. The number of benzene rings is 3. The fourth-order valence-corrected chi connectivity index (χ4v) is 4.22. The van der Waals surface area contributed by atoms with Crippen LogP contribution < -0.4 is 10.0 Å². The quantitative estimate of drug-likeness (QED) is 0.341. The van der Waals surface area contributed by atoms with Crippen LogP contribution >= 0.6 is 0 Å². The van der Waals surface area contributed by atoms with Gasteiger partial charge < -0.3 is 5.32 Å². The maximum absolute atomic E-state index is 12.6. The minimum absolute atomic E-state index is 0.472. The minimum atomic E-state index is -4.08. The Labute approximate surface area is 200 Å². The molecule has 3 rings (SSSR count). The standard InChI is InChI=1S/C27H26N2O4S/c1-2-11-21-12-9-10-13-22(21)18-19-34(32,33)29-26(31)20-25(30)28-27(23-14-5-3-6-15-23)24-16-7-4-8-17-24/h2-10,12-19,27H,1,11,20H2,(H,28,30)(H,29,31)/b19-18+. The van der Waals surface area contributed by atoms with E-state index in [-0.39, 0.29) is 0 Å². The Morgan fingerprint density at radius 2 is 1.38 bits per heavy atom. The van der Waals surface area contributed by atoms with Gasteiger partial charge in [0.05, 0.1) is 11.4 Å². The van der Waals surface area contributed by atoms with Gasteiger partial charge in [0.15, 0.2) is 0 Å². The van der Waals surface area contributed by atoms with Crippen molar-refractivity contribution in [3.8, 4) is 0 Å². The van der Waals surface area contributed by atoms with Crippen LogP contribution in [0, 0.1) is 0 Å². The van der Waals surface area contributed by atoms with Crippen molar-refractivity contribution in [2.75, 3.05) is 0 Å². The molecule has 0 atom stereocenters. The van der Waals surface area contributed by atoms with Crippen LogP contribution in [0.2, 0.25) is 0 Å². The van der Waals surface area contributed by atoms with E-state index in [4.69, 9.17) is 0 Å². The summed E-state index contributed by atoms with van der Waals surface area (Å²) in [6.07, 6.45) is 3.09. The number of allylic oxidation sites excluding steroid dienone is 1. The molecule has 34 heavy (non-hydrogen) atoms. The van der Waals surface area contributed by atoms with Crippen LogP contribution in [0.1, 0.15) is 34.7 Å². The van der Waals surface area contributed by atoms with Crippen molar-refractivity contribution in [2.24, 2.45) is 0 Å². The molecule has 3 aromatic rings.